The summed E-state index contributed by atoms with van der Waals surface area (Å²) < 4.78 is 31.7. The molecule has 0 spiro atoms. The number of aliphatic carboxylic acids is 1. The van der Waals surface area contributed by atoms with Gasteiger partial charge >= 0.3 is 228 Å². The third-order valence-corrected chi connectivity index (χ3v) is 9.58. The minimum atomic E-state index is -3.33. The Morgan fingerprint density at radius 2 is 1.93 bits per heavy atom. The Bertz CT molecular complexity index is 962. The van der Waals surface area contributed by atoms with Gasteiger partial charge in [0.05, 0.1) is 0 Å². The first kappa shape index (κ1) is 21.9. The van der Waals surface area contributed by atoms with Crippen LogP contribution < -0.4 is 4.14 Å². The first-order valence-corrected chi connectivity index (χ1v) is 15.1. The van der Waals surface area contributed by atoms with Gasteiger partial charge in [-0.15, -0.1) is 0 Å². The van der Waals surface area contributed by atoms with Crippen molar-refractivity contribution in [1.29, 1.82) is 0 Å². The number of rotatable bonds is 2. The molecule has 0 saturated heterocycles. The van der Waals surface area contributed by atoms with Crippen molar-refractivity contribution in [2.45, 2.75) is 12.3 Å². The number of nitrogens with zero attached hydrogens (tertiary/aromatic N) is 1. The number of alkyl halides is 2. The molecule has 0 unspecified atom stereocenters. The third kappa shape index (κ3) is 4.88. The predicted molar refractivity (Wildman–Crippen MR) is 96.2 cm³/mol. The van der Waals surface area contributed by atoms with Crippen LogP contribution in [0, 0.1) is 42.8 Å². The molecule has 1 heterocycles. The van der Waals surface area contributed by atoms with E-state index >= 15 is 0 Å². The van der Waals surface area contributed by atoms with E-state index in [1.165, 1.54) is 9.60 Å². The number of allylic oxidation sites excluding steroid dienone is 1. The molecule has 8 heteroatoms. The molecule has 1 N–H and O–H groups in total. The minimum absolute atomic E-state index is 0.0720. The second-order valence-electron chi connectivity index (χ2n) is 6.64. The number of carboxylic acids is 1. The molecule has 0 aromatic heterocycles. The molecule has 1 aliphatic heterocycles. The molecular weight excluding hydrogens is 640 g/mol. The van der Waals surface area contributed by atoms with Gasteiger partial charge in [-0.3, -0.25) is 0 Å². The second-order valence-corrected chi connectivity index (χ2v) is 13.9. The number of anilines is 1. The zero-order valence-corrected chi connectivity index (χ0v) is 28.1. The SMILES string of the molecule is O=C(O)/C=C1/c2ccccc2N(C(=O)c2cc[c]([Rb])c[c]2[RaH])CCC1(F)F. The van der Waals surface area contributed by atoms with Crippen LogP contribution in [0.4, 0.5) is 14.5 Å². The van der Waals surface area contributed by atoms with Crippen LogP contribution in [0.3, 0.4) is 0 Å². The van der Waals surface area contributed by atoms with Gasteiger partial charge in [0.1, 0.15) is 0 Å². The molecule has 4 nitrogen and oxygen atoms in total. The zero-order valence-electron chi connectivity index (χ0n) is 15.0. The molecule has 1 aliphatic rings. The van der Waals surface area contributed by atoms with Crippen molar-refractivity contribution >= 4 is 77.9 Å². The summed E-state index contributed by atoms with van der Waals surface area (Å²) in [4.78, 5) is 25.7. The van der Waals surface area contributed by atoms with Crippen molar-refractivity contribution in [2.24, 2.45) is 0 Å². The van der Waals surface area contributed by atoms with Gasteiger partial charge in [-0.2, -0.15) is 0 Å². The molecule has 2 aromatic rings. The first-order chi connectivity index (χ1) is 12.7. The Morgan fingerprint density at radius 3 is 2.59 bits per heavy atom. The molecular formula is C19H14F2NO3RaRb. The first-order valence-electron chi connectivity index (χ1n) is 8.52. The summed E-state index contributed by atoms with van der Waals surface area (Å²) in [6.45, 7) is -0.177. The van der Waals surface area contributed by atoms with E-state index in [1.807, 2.05) is 6.07 Å². The van der Waals surface area contributed by atoms with Crippen molar-refractivity contribution < 1.29 is 66.3 Å². The molecule has 2 aromatic carbocycles. The monoisotopic (exact) mass is 653 g/mol. The van der Waals surface area contributed by atoms with Crippen LogP contribution in [0.5, 0.6) is 0 Å². The summed E-state index contributed by atoms with van der Waals surface area (Å²) in [6, 6.07) is 12.1. The number of carbonyl (C=O) groups is 2. The summed E-state index contributed by atoms with van der Waals surface area (Å²) in [6.07, 6.45) is -0.0762. The molecule has 1 amide bonds. The van der Waals surface area contributed by atoms with Crippen molar-refractivity contribution in [3.63, 3.8) is 0 Å². The van der Waals surface area contributed by atoms with Gasteiger partial charge in [-0.1, -0.05) is 0 Å². The number of carbonyl (C=O) groups excluding carboxylic acids is 1. The third-order valence-electron chi connectivity index (χ3n) is 4.65. The van der Waals surface area contributed by atoms with Crippen molar-refractivity contribution in [1.82, 2.24) is 0 Å². The summed E-state index contributed by atoms with van der Waals surface area (Å²) in [5.74, 6) is -5.07. The van der Waals surface area contributed by atoms with E-state index in [-0.39, 0.29) is 60.8 Å². The number of hydrogen-bond donors (Lipinski definition) is 1. The van der Waals surface area contributed by atoms with E-state index in [9.17, 15) is 18.4 Å². The quantitative estimate of drug-likeness (QED) is 0.501. The number of hydrogen-bond acceptors (Lipinski definition) is 2. The van der Waals surface area contributed by atoms with Crippen LogP contribution >= 0.6 is 0 Å². The fraction of sp³-hybridized carbons (Fsp3) is 0.158. The van der Waals surface area contributed by atoms with Crippen molar-refractivity contribution in [3.8, 4) is 0 Å². The van der Waals surface area contributed by atoms with Gasteiger partial charge in [0.25, 0.3) is 0 Å². The number of para-hydroxylation sites is 1. The van der Waals surface area contributed by atoms with Gasteiger partial charge < -0.3 is 0 Å². The van der Waals surface area contributed by atoms with Crippen LogP contribution in [0.1, 0.15) is 22.3 Å². The Labute approximate surface area is 223 Å². The molecule has 0 saturated carbocycles. The number of halogens is 2. The van der Waals surface area contributed by atoms with E-state index in [0.29, 0.717) is 72.9 Å². The fourth-order valence-corrected chi connectivity index (χ4v) is 14.1. The van der Waals surface area contributed by atoms with Gasteiger partial charge in [-0.25, -0.2) is 0 Å². The number of fused-ring (bicyclic) bond motifs is 1. The normalized spacial score (nSPS) is 17.3. The van der Waals surface area contributed by atoms with Crippen LogP contribution in [-0.4, -0.2) is 85.0 Å². The molecule has 3 rings (SSSR count). The average molecular weight is 654 g/mol. The number of carboxylic acid groups (broad SMARTS) is 1. The van der Waals surface area contributed by atoms with Gasteiger partial charge in [0.15, 0.2) is 0 Å². The molecule has 130 valence electrons. The Balaban J connectivity index is 2.15. The summed E-state index contributed by atoms with van der Waals surface area (Å²) in [7, 11) is 0. The zero-order chi connectivity index (χ0) is 19.8. The van der Waals surface area contributed by atoms with Gasteiger partial charge in [0, 0.05) is 0 Å². The average Bonchev–Trinajstić information content (AvgIpc) is 2.69. The van der Waals surface area contributed by atoms with Crippen molar-refractivity contribution in [3.05, 3.63) is 59.7 Å². The standard InChI is InChI=1S/C19H13F2NO3.Ra.Rb.H/c20-19(21)10-11-22(18(25)13-6-2-1-3-7-13)16-9-5-4-8-14(16)15(19)12-17(23)24;;;/h2-6,8-9,12H,10-11H2,(H,23,24);;;/b15-12-;;;. The number of benzene rings is 2. The van der Waals surface area contributed by atoms with Gasteiger partial charge in [0.2, 0.25) is 0 Å². The Hall–Kier alpha value is 0.253. The van der Waals surface area contributed by atoms with Crippen LogP contribution in [0.15, 0.2) is 48.5 Å². The van der Waals surface area contributed by atoms with E-state index in [1.54, 1.807) is 24.3 Å². The van der Waals surface area contributed by atoms with Crippen molar-refractivity contribution in [2.75, 3.05) is 11.4 Å². The molecule has 27 heavy (non-hydrogen) atoms. The summed E-state index contributed by atoms with van der Waals surface area (Å²) >= 11 is 0.272. The van der Waals surface area contributed by atoms with E-state index in [4.69, 9.17) is 5.11 Å². The van der Waals surface area contributed by atoms with Gasteiger partial charge in [-0.05, 0) is 0 Å². The van der Waals surface area contributed by atoms with Crippen LogP contribution in [-0.2, 0) is 4.79 Å². The second kappa shape index (κ2) is 8.95. The molecule has 0 aliphatic carbocycles. The molecule has 0 fully saturated rings. The molecule has 0 atom stereocenters. The molecule has 0 bridgehead atoms. The topological polar surface area (TPSA) is 57.6 Å². The summed E-state index contributed by atoms with van der Waals surface area (Å²) in [5.41, 5.74) is 0.419. The van der Waals surface area contributed by atoms with Crippen LogP contribution in [0.2, 0.25) is 0 Å². The van der Waals surface area contributed by atoms with E-state index in [2.05, 4.69) is 6.07 Å². The maximum atomic E-state index is 14.7. The Kier molecular flexibility index (Phi) is 7.27. The fourth-order valence-electron chi connectivity index (χ4n) is 3.36. The van der Waals surface area contributed by atoms with E-state index < -0.39 is 23.9 Å². The predicted octanol–water partition coefficient (Wildman–Crippen LogP) is 1.54. The van der Waals surface area contributed by atoms with Crippen LogP contribution in [0.25, 0.3) is 5.57 Å². The number of amides is 1. The molecule has 0 radical (unpaired) electrons. The maximum absolute atomic E-state index is 14.7. The Morgan fingerprint density at radius 1 is 1.22 bits per heavy atom. The summed E-state index contributed by atoms with van der Waals surface area (Å²) in [5, 5.41) is 9.05. The van der Waals surface area contributed by atoms with E-state index in [0.717, 1.165) is 0.604 Å².